The Balaban J connectivity index is 1.91. The minimum atomic E-state index is -0.102. The number of piperazine rings is 1. The van der Waals surface area contributed by atoms with Gasteiger partial charge in [-0.25, -0.2) is 4.39 Å². The summed E-state index contributed by atoms with van der Waals surface area (Å²) in [6.07, 6.45) is 2.62. The third-order valence-electron chi connectivity index (χ3n) is 5.14. The number of hydrogen-bond donors (Lipinski definition) is 1. The average Bonchev–Trinajstić information content (AvgIpc) is 2.96. The SMILES string of the molecule is CNC(C)c1cc(F)c(C)cc1N1CCN2CCCC2C1. The molecule has 4 heteroatoms. The minimum absolute atomic E-state index is 0.102. The molecule has 0 radical (unpaired) electrons. The Kier molecular flexibility index (Phi) is 4.18. The first-order valence-corrected chi connectivity index (χ1v) is 8.06. The van der Waals surface area contributed by atoms with Crippen LogP contribution < -0.4 is 10.2 Å². The lowest BCUT2D eigenvalue weighted by Crippen LogP contribution is -2.50. The van der Waals surface area contributed by atoms with Gasteiger partial charge in [0.15, 0.2) is 0 Å². The van der Waals surface area contributed by atoms with E-state index >= 15 is 0 Å². The Hall–Kier alpha value is -1.13. The summed E-state index contributed by atoms with van der Waals surface area (Å²) in [5.74, 6) is -0.102. The second-order valence-electron chi connectivity index (χ2n) is 6.45. The number of anilines is 1. The number of halogens is 1. The van der Waals surface area contributed by atoms with E-state index in [-0.39, 0.29) is 11.9 Å². The molecule has 2 fully saturated rings. The van der Waals surface area contributed by atoms with E-state index in [2.05, 4.69) is 22.0 Å². The van der Waals surface area contributed by atoms with Crippen molar-refractivity contribution < 1.29 is 4.39 Å². The van der Waals surface area contributed by atoms with Crippen molar-refractivity contribution in [1.29, 1.82) is 0 Å². The van der Waals surface area contributed by atoms with E-state index in [9.17, 15) is 4.39 Å². The third-order valence-corrected chi connectivity index (χ3v) is 5.14. The van der Waals surface area contributed by atoms with Gasteiger partial charge in [0.2, 0.25) is 0 Å². The molecule has 3 rings (SSSR count). The van der Waals surface area contributed by atoms with Crippen molar-refractivity contribution in [3.63, 3.8) is 0 Å². The molecular formula is C17H26FN3. The third kappa shape index (κ3) is 2.79. The second kappa shape index (κ2) is 5.93. The predicted octanol–water partition coefficient (Wildman–Crippen LogP) is 2.70. The van der Waals surface area contributed by atoms with Crippen LogP contribution >= 0.6 is 0 Å². The van der Waals surface area contributed by atoms with Crippen molar-refractivity contribution in [2.45, 2.75) is 38.8 Å². The van der Waals surface area contributed by atoms with Crippen LogP contribution in [0, 0.1) is 12.7 Å². The van der Waals surface area contributed by atoms with Crippen molar-refractivity contribution in [2.75, 3.05) is 38.1 Å². The van der Waals surface area contributed by atoms with E-state index in [1.165, 1.54) is 25.1 Å². The highest BCUT2D eigenvalue weighted by Gasteiger charge is 2.31. The van der Waals surface area contributed by atoms with Crippen LogP contribution in [0.5, 0.6) is 0 Å². The Morgan fingerprint density at radius 1 is 1.29 bits per heavy atom. The molecule has 2 atom stereocenters. The number of rotatable bonds is 3. The molecular weight excluding hydrogens is 265 g/mol. The van der Waals surface area contributed by atoms with Crippen LogP contribution in [0.2, 0.25) is 0 Å². The predicted molar refractivity (Wildman–Crippen MR) is 85.4 cm³/mol. The van der Waals surface area contributed by atoms with E-state index < -0.39 is 0 Å². The maximum Gasteiger partial charge on any atom is 0.126 e. The molecule has 2 heterocycles. The van der Waals surface area contributed by atoms with Gasteiger partial charge >= 0.3 is 0 Å². The van der Waals surface area contributed by atoms with Crippen LogP contribution in [0.25, 0.3) is 0 Å². The molecule has 3 nitrogen and oxygen atoms in total. The Morgan fingerprint density at radius 3 is 2.86 bits per heavy atom. The van der Waals surface area contributed by atoms with Crippen molar-refractivity contribution >= 4 is 5.69 Å². The van der Waals surface area contributed by atoms with Crippen molar-refractivity contribution in [1.82, 2.24) is 10.2 Å². The summed E-state index contributed by atoms with van der Waals surface area (Å²) in [4.78, 5) is 5.07. The van der Waals surface area contributed by atoms with Crippen LogP contribution in [0.4, 0.5) is 10.1 Å². The van der Waals surface area contributed by atoms with E-state index in [0.29, 0.717) is 6.04 Å². The summed E-state index contributed by atoms with van der Waals surface area (Å²) >= 11 is 0. The van der Waals surface area contributed by atoms with Crippen molar-refractivity contribution in [2.24, 2.45) is 0 Å². The summed E-state index contributed by atoms with van der Waals surface area (Å²) in [6.45, 7) is 8.46. The Labute approximate surface area is 127 Å². The smallest absolute Gasteiger partial charge is 0.126 e. The molecule has 0 aliphatic carbocycles. The molecule has 0 saturated carbocycles. The molecule has 0 aromatic heterocycles. The molecule has 2 unspecified atom stereocenters. The van der Waals surface area contributed by atoms with Gasteiger partial charge in [0, 0.05) is 37.4 Å². The van der Waals surface area contributed by atoms with Gasteiger partial charge in [0.1, 0.15) is 5.82 Å². The molecule has 1 aromatic rings. The maximum absolute atomic E-state index is 14.0. The largest absolute Gasteiger partial charge is 0.368 e. The number of benzene rings is 1. The first-order chi connectivity index (χ1) is 10.1. The molecule has 2 aliphatic rings. The number of aryl methyl sites for hydroxylation is 1. The molecule has 2 saturated heterocycles. The topological polar surface area (TPSA) is 18.5 Å². The first kappa shape index (κ1) is 14.8. The molecule has 2 aliphatic heterocycles. The average molecular weight is 291 g/mol. The summed E-state index contributed by atoms with van der Waals surface area (Å²) in [6, 6.07) is 4.59. The summed E-state index contributed by atoms with van der Waals surface area (Å²) in [7, 11) is 1.93. The summed E-state index contributed by atoms with van der Waals surface area (Å²) in [5.41, 5.74) is 3.03. The monoisotopic (exact) mass is 291 g/mol. The Morgan fingerprint density at radius 2 is 2.10 bits per heavy atom. The van der Waals surface area contributed by atoms with Crippen molar-refractivity contribution in [3.8, 4) is 0 Å². The number of hydrogen-bond acceptors (Lipinski definition) is 3. The maximum atomic E-state index is 14.0. The zero-order valence-corrected chi connectivity index (χ0v) is 13.3. The number of nitrogens with one attached hydrogen (secondary N) is 1. The van der Waals surface area contributed by atoms with Gasteiger partial charge in [-0.3, -0.25) is 4.90 Å². The fraction of sp³-hybridized carbons (Fsp3) is 0.647. The van der Waals surface area contributed by atoms with Gasteiger partial charge in [-0.05, 0) is 63.5 Å². The highest BCUT2D eigenvalue weighted by Crippen LogP contribution is 2.32. The number of nitrogens with zero attached hydrogens (tertiary/aromatic N) is 2. The van der Waals surface area contributed by atoms with E-state index in [0.717, 1.165) is 30.8 Å². The lowest BCUT2D eigenvalue weighted by atomic mass is 10.0. The van der Waals surface area contributed by atoms with E-state index in [4.69, 9.17) is 0 Å². The van der Waals surface area contributed by atoms with E-state index in [1.807, 2.05) is 20.0 Å². The van der Waals surface area contributed by atoms with Gasteiger partial charge in [-0.2, -0.15) is 0 Å². The zero-order chi connectivity index (χ0) is 15.0. The van der Waals surface area contributed by atoms with Gasteiger partial charge < -0.3 is 10.2 Å². The fourth-order valence-electron chi connectivity index (χ4n) is 3.67. The fourth-order valence-corrected chi connectivity index (χ4v) is 3.67. The van der Waals surface area contributed by atoms with Crippen LogP contribution in [-0.2, 0) is 0 Å². The Bertz CT molecular complexity index is 517. The summed E-state index contributed by atoms with van der Waals surface area (Å²) < 4.78 is 14.0. The normalized spacial score (nSPS) is 24.2. The van der Waals surface area contributed by atoms with Crippen LogP contribution in [0.15, 0.2) is 12.1 Å². The minimum Gasteiger partial charge on any atom is -0.368 e. The molecule has 0 bridgehead atoms. The quantitative estimate of drug-likeness (QED) is 0.924. The zero-order valence-electron chi connectivity index (χ0n) is 13.3. The highest BCUT2D eigenvalue weighted by molar-refractivity contribution is 5.57. The van der Waals surface area contributed by atoms with Crippen LogP contribution in [0.3, 0.4) is 0 Å². The molecule has 116 valence electrons. The summed E-state index contributed by atoms with van der Waals surface area (Å²) in [5, 5.41) is 3.25. The lowest BCUT2D eigenvalue weighted by Gasteiger charge is -2.40. The second-order valence-corrected chi connectivity index (χ2v) is 6.45. The molecule has 0 spiro atoms. The van der Waals surface area contributed by atoms with Crippen LogP contribution in [0.1, 0.15) is 36.9 Å². The van der Waals surface area contributed by atoms with Gasteiger partial charge in [-0.1, -0.05) is 0 Å². The lowest BCUT2D eigenvalue weighted by molar-refractivity contribution is 0.230. The van der Waals surface area contributed by atoms with Gasteiger partial charge in [-0.15, -0.1) is 0 Å². The molecule has 1 N–H and O–H groups in total. The molecule has 21 heavy (non-hydrogen) atoms. The highest BCUT2D eigenvalue weighted by atomic mass is 19.1. The van der Waals surface area contributed by atoms with Crippen LogP contribution in [-0.4, -0.2) is 44.2 Å². The number of fused-ring (bicyclic) bond motifs is 1. The molecule has 1 aromatic carbocycles. The van der Waals surface area contributed by atoms with Crippen molar-refractivity contribution in [3.05, 3.63) is 29.1 Å². The van der Waals surface area contributed by atoms with E-state index in [1.54, 1.807) is 6.07 Å². The first-order valence-electron chi connectivity index (χ1n) is 8.06. The molecule has 0 amide bonds. The van der Waals surface area contributed by atoms with Gasteiger partial charge in [0.05, 0.1) is 0 Å². The standard InChI is InChI=1S/C17H26FN3/c1-12-9-17(15(10-16(12)18)13(2)19-3)21-8-7-20-6-4-5-14(20)11-21/h9-10,13-14,19H,4-8,11H2,1-3H3. The van der Waals surface area contributed by atoms with Gasteiger partial charge in [0.25, 0.3) is 0 Å².